The van der Waals surface area contributed by atoms with E-state index < -0.39 is 11.8 Å². The van der Waals surface area contributed by atoms with Crippen LogP contribution < -0.4 is 11.5 Å². The molecule has 0 saturated carbocycles. The third-order valence-electron chi connectivity index (χ3n) is 2.12. The molecule has 0 fully saturated rings. The maximum atomic E-state index is 9.45. The molecule has 4 N–H and O–H groups in total. The van der Waals surface area contributed by atoms with E-state index in [0.717, 1.165) is 0 Å². The lowest BCUT2D eigenvalue weighted by Gasteiger charge is -1.98. The summed E-state index contributed by atoms with van der Waals surface area (Å²) in [6.45, 7) is 0. The van der Waals surface area contributed by atoms with Crippen molar-refractivity contribution in [3.8, 4) is 11.1 Å². The molecule has 18 heavy (non-hydrogen) atoms. The molecular weight excluding hydrogens is 228 g/mol. The predicted octanol–water partition coefficient (Wildman–Crippen LogP) is 1.31. The first-order valence-corrected chi connectivity index (χ1v) is 5.31. The molecule has 0 saturated heterocycles. The minimum absolute atomic E-state index is 1.10. The third kappa shape index (κ3) is 4.49. The average Bonchev–Trinajstić information content (AvgIpc) is 2.41. The van der Waals surface area contributed by atoms with Gasteiger partial charge in [-0.2, -0.15) is 0 Å². The minimum Gasteiger partial charge on any atom is -0.361 e. The summed E-state index contributed by atoms with van der Waals surface area (Å²) in [6.07, 6.45) is 0. The van der Waals surface area contributed by atoms with Crippen LogP contribution in [0.1, 0.15) is 0 Å². The second-order valence-corrected chi connectivity index (χ2v) is 3.46. The fourth-order valence-corrected chi connectivity index (χ4v) is 1.26. The summed E-state index contributed by atoms with van der Waals surface area (Å²) in [4.78, 5) is 18.9. The van der Waals surface area contributed by atoms with Gasteiger partial charge in [-0.1, -0.05) is 60.7 Å². The molecule has 0 radical (unpaired) electrons. The maximum absolute atomic E-state index is 9.45. The Balaban J connectivity index is 0.000000232. The van der Waals surface area contributed by atoms with Crippen LogP contribution in [0.15, 0.2) is 60.7 Å². The van der Waals surface area contributed by atoms with E-state index in [1.165, 1.54) is 11.1 Å². The first-order valence-electron chi connectivity index (χ1n) is 5.31. The van der Waals surface area contributed by atoms with Crippen molar-refractivity contribution in [2.24, 2.45) is 11.5 Å². The molecule has 4 nitrogen and oxygen atoms in total. The fourth-order valence-electron chi connectivity index (χ4n) is 1.26. The van der Waals surface area contributed by atoms with Crippen molar-refractivity contribution in [2.45, 2.75) is 0 Å². The van der Waals surface area contributed by atoms with E-state index in [-0.39, 0.29) is 0 Å². The Kier molecular flexibility index (Phi) is 5.12. The molecule has 0 spiro atoms. The molecule has 0 bridgehead atoms. The zero-order valence-corrected chi connectivity index (χ0v) is 9.74. The van der Waals surface area contributed by atoms with Gasteiger partial charge in [-0.25, -0.2) is 0 Å². The molecule has 0 aliphatic rings. The minimum atomic E-state index is -1.10. The third-order valence-corrected chi connectivity index (χ3v) is 2.12. The van der Waals surface area contributed by atoms with E-state index in [2.05, 4.69) is 60.0 Å². The van der Waals surface area contributed by atoms with Crippen LogP contribution in [0.4, 0.5) is 0 Å². The number of carbonyl (C=O) groups excluding carboxylic acids is 2. The summed E-state index contributed by atoms with van der Waals surface area (Å²) >= 11 is 0. The van der Waals surface area contributed by atoms with E-state index in [1.54, 1.807) is 0 Å². The SMILES string of the molecule is NC(=O)C(N)=O.c1ccc(-c2ccccc2)cc1. The Morgan fingerprint density at radius 2 is 0.889 bits per heavy atom. The van der Waals surface area contributed by atoms with Crippen molar-refractivity contribution in [3.05, 3.63) is 60.7 Å². The molecule has 0 aliphatic heterocycles. The highest BCUT2D eigenvalue weighted by Crippen LogP contribution is 2.17. The number of amides is 2. The first-order chi connectivity index (χ1) is 8.61. The van der Waals surface area contributed by atoms with Gasteiger partial charge in [-0.05, 0) is 11.1 Å². The number of hydrogen-bond donors (Lipinski definition) is 2. The van der Waals surface area contributed by atoms with Crippen LogP contribution in [0.2, 0.25) is 0 Å². The second-order valence-electron chi connectivity index (χ2n) is 3.46. The quantitative estimate of drug-likeness (QED) is 0.739. The number of hydrogen-bond acceptors (Lipinski definition) is 2. The predicted molar refractivity (Wildman–Crippen MR) is 70.3 cm³/mol. The molecule has 0 aliphatic carbocycles. The van der Waals surface area contributed by atoms with E-state index >= 15 is 0 Å². The summed E-state index contributed by atoms with van der Waals surface area (Å²) in [5.74, 6) is -2.20. The summed E-state index contributed by atoms with van der Waals surface area (Å²) in [7, 11) is 0. The van der Waals surface area contributed by atoms with Gasteiger partial charge >= 0.3 is 11.8 Å². The fraction of sp³-hybridized carbons (Fsp3) is 0. The Bertz CT molecular complexity index is 460. The Labute approximate surface area is 105 Å². The number of nitrogens with two attached hydrogens (primary N) is 2. The van der Waals surface area contributed by atoms with Gasteiger partial charge in [0.05, 0.1) is 0 Å². The Morgan fingerprint density at radius 3 is 1.11 bits per heavy atom. The summed E-state index contributed by atoms with van der Waals surface area (Å²) < 4.78 is 0. The van der Waals surface area contributed by atoms with E-state index in [0.29, 0.717) is 0 Å². The van der Waals surface area contributed by atoms with Crippen LogP contribution in [-0.2, 0) is 9.59 Å². The van der Waals surface area contributed by atoms with Gasteiger partial charge in [0.1, 0.15) is 0 Å². The summed E-state index contributed by atoms with van der Waals surface area (Å²) in [5.41, 5.74) is 11.2. The smallest absolute Gasteiger partial charge is 0.306 e. The molecule has 2 amide bonds. The topological polar surface area (TPSA) is 86.2 Å². The zero-order valence-electron chi connectivity index (χ0n) is 9.74. The summed E-state index contributed by atoms with van der Waals surface area (Å²) in [6, 6.07) is 20.8. The van der Waals surface area contributed by atoms with E-state index in [4.69, 9.17) is 0 Å². The largest absolute Gasteiger partial charge is 0.361 e. The zero-order chi connectivity index (χ0) is 13.4. The number of rotatable bonds is 1. The van der Waals surface area contributed by atoms with Crippen LogP contribution >= 0.6 is 0 Å². The molecule has 0 aromatic heterocycles. The Morgan fingerprint density at radius 1 is 0.611 bits per heavy atom. The highest BCUT2D eigenvalue weighted by molar-refractivity contribution is 6.33. The van der Waals surface area contributed by atoms with Crippen molar-refractivity contribution in [3.63, 3.8) is 0 Å². The molecular formula is C14H14N2O2. The second kappa shape index (κ2) is 6.85. The van der Waals surface area contributed by atoms with E-state index in [1.807, 2.05) is 12.1 Å². The lowest BCUT2D eigenvalue weighted by Crippen LogP contribution is -2.29. The normalized spacial score (nSPS) is 8.89. The summed E-state index contributed by atoms with van der Waals surface area (Å²) in [5, 5.41) is 0. The molecule has 2 rings (SSSR count). The van der Waals surface area contributed by atoms with Crippen molar-refractivity contribution in [2.75, 3.05) is 0 Å². The highest BCUT2D eigenvalue weighted by atomic mass is 16.2. The van der Waals surface area contributed by atoms with Gasteiger partial charge in [0, 0.05) is 0 Å². The molecule has 4 heteroatoms. The van der Waals surface area contributed by atoms with Crippen LogP contribution in [-0.4, -0.2) is 11.8 Å². The molecule has 92 valence electrons. The number of primary amides is 2. The molecule has 0 atom stereocenters. The van der Waals surface area contributed by atoms with Gasteiger partial charge in [-0.15, -0.1) is 0 Å². The van der Waals surface area contributed by atoms with Crippen LogP contribution in [0, 0.1) is 0 Å². The van der Waals surface area contributed by atoms with Gasteiger partial charge in [0.25, 0.3) is 0 Å². The van der Waals surface area contributed by atoms with Crippen LogP contribution in [0.5, 0.6) is 0 Å². The van der Waals surface area contributed by atoms with E-state index in [9.17, 15) is 9.59 Å². The number of benzene rings is 2. The number of carbonyl (C=O) groups is 2. The van der Waals surface area contributed by atoms with Crippen LogP contribution in [0.25, 0.3) is 11.1 Å². The van der Waals surface area contributed by atoms with Crippen molar-refractivity contribution < 1.29 is 9.59 Å². The van der Waals surface area contributed by atoms with Gasteiger partial charge in [0.15, 0.2) is 0 Å². The standard InChI is InChI=1S/C12H10.C2H4N2O2/c1-3-7-11(8-4-1)12-9-5-2-6-10-12;3-1(5)2(4)6/h1-10H;(H2,3,5)(H2,4,6). The van der Waals surface area contributed by atoms with Crippen molar-refractivity contribution >= 4 is 11.8 Å². The van der Waals surface area contributed by atoms with Crippen LogP contribution in [0.3, 0.4) is 0 Å². The molecule has 0 unspecified atom stereocenters. The monoisotopic (exact) mass is 242 g/mol. The van der Waals surface area contributed by atoms with Crippen molar-refractivity contribution in [1.82, 2.24) is 0 Å². The van der Waals surface area contributed by atoms with Gasteiger partial charge < -0.3 is 11.5 Å². The molecule has 2 aromatic rings. The van der Waals surface area contributed by atoms with Crippen molar-refractivity contribution in [1.29, 1.82) is 0 Å². The first kappa shape index (κ1) is 13.4. The average molecular weight is 242 g/mol. The maximum Gasteiger partial charge on any atom is 0.306 e. The lowest BCUT2D eigenvalue weighted by atomic mass is 10.1. The Hall–Kier alpha value is -2.62. The van der Waals surface area contributed by atoms with Gasteiger partial charge in [0.2, 0.25) is 0 Å². The molecule has 0 heterocycles. The van der Waals surface area contributed by atoms with Gasteiger partial charge in [-0.3, -0.25) is 9.59 Å². The highest BCUT2D eigenvalue weighted by Gasteiger charge is 1.96. The molecule has 2 aromatic carbocycles. The lowest BCUT2D eigenvalue weighted by molar-refractivity contribution is -0.135.